The van der Waals surface area contributed by atoms with E-state index in [-0.39, 0.29) is 5.57 Å². The smallest absolute Gasteiger partial charge is 0.331 e. The summed E-state index contributed by atoms with van der Waals surface area (Å²) in [5.41, 5.74) is -0.630. The molecule has 0 fully saturated rings. The first-order chi connectivity index (χ1) is 9.15. The van der Waals surface area contributed by atoms with Crippen LogP contribution in [0.4, 0.5) is 0 Å². The molecule has 4 N–H and O–H groups in total. The summed E-state index contributed by atoms with van der Waals surface area (Å²) in [6.07, 6.45) is 0.755. The van der Waals surface area contributed by atoms with Crippen molar-refractivity contribution in [2.24, 2.45) is 5.92 Å². The summed E-state index contributed by atoms with van der Waals surface area (Å²) < 4.78 is 0. The van der Waals surface area contributed by atoms with Gasteiger partial charge in [0, 0.05) is 11.1 Å². The monoisotopic (exact) mass is 286 g/mol. The lowest BCUT2D eigenvalue weighted by Crippen LogP contribution is -2.16. The Balaban J connectivity index is 5.22. The summed E-state index contributed by atoms with van der Waals surface area (Å²) in [5, 5.41) is 34.9. The zero-order valence-corrected chi connectivity index (χ0v) is 10.6. The molecule has 0 radical (unpaired) electrons. The van der Waals surface area contributed by atoms with Crippen molar-refractivity contribution in [3.05, 3.63) is 23.3 Å². The predicted molar refractivity (Wildman–Crippen MR) is 65.1 cm³/mol. The maximum atomic E-state index is 11.0. The van der Waals surface area contributed by atoms with Gasteiger partial charge in [0.05, 0.1) is 12.3 Å². The quantitative estimate of drug-likeness (QED) is 0.473. The van der Waals surface area contributed by atoms with Crippen molar-refractivity contribution in [3.8, 4) is 0 Å². The van der Waals surface area contributed by atoms with Crippen molar-refractivity contribution >= 4 is 23.9 Å². The highest BCUT2D eigenvalue weighted by molar-refractivity contribution is 5.90. The Morgan fingerprint density at radius 3 is 1.90 bits per heavy atom. The number of hydrogen-bond acceptors (Lipinski definition) is 4. The van der Waals surface area contributed by atoms with Crippen LogP contribution in [-0.2, 0) is 19.2 Å². The van der Waals surface area contributed by atoms with Crippen LogP contribution in [0, 0.1) is 5.92 Å². The third kappa shape index (κ3) is 6.34. The van der Waals surface area contributed by atoms with Crippen molar-refractivity contribution in [2.45, 2.75) is 19.8 Å². The first-order valence-electron chi connectivity index (χ1n) is 5.43. The van der Waals surface area contributed by atoms with E-state index in [9.17, 15) is 19.2 Å². The van der Waals surface area contributed by atoms with E-state index in [2.05, 4.69) is 0 Å². The van der Waals surface area contributed by atoms with Crippen molar-refractivity contribution in [1.29, 1.82) is 0 Å². The second kappa shape index (κ2) is 7.72. The minimum absolute atomic E-state index is 0.236. The second-order valence-electron chi connectivity index (χ2n) is 3.94. The highest BCUT2D eigenvalue weighted by atomic mass is 16.4. The first kappa shape index (κ1) is 17.4. The van der Waals surface area contributed by atoms with Crippen LogP contribution in [0.3, 0.4) is 0 Å². The van der Waals surface area contributed by atoms with Gasteiger partial charge in [0.1, 0.15) is 0 Å². The summed E-state index contributed by atoms with van der Waals surface area (Å²) in [6.45, 7) is 1.18. The standard InChI is InChI=1S/C12H14O8/c1-6(10(15)16)4-8(12(19)20)5-7(11(17)18)2-3-9(13)14/h2,4,8H,3,5H2,1H3,(H,13,14)(H,15,16)(H,17,18)(H,19,20). The van der Waals surface area contributed by atoms with Gasteiger partial charge in [-0.1, -0.05) is 12.2 Å². The third-order valence-corrected chi connectivity index (χ3v) is 2.34. The van der Waals surface area contributed by atoms with Crippen LogP contribution in [0.5, 0.6) is 0 Å². The Morgan fingerprint density at radius 1 is 1.00 bits per heavy atom. The van der Waals surface area contributed by atoms with Gasteiger partial charge >= 0.3 is 23.9 Å². The minimum Gasteiger partial charge on any atom is -0.481 e. The number of carbonyl (C=O) groups is 4. The number of carboxylic acid groups (broad SMARTS) is 4. The van der Waals surface area contributed by atoms with E-state index in [1.54, 1.807) is 0 Å². The average Bonchev–Trinajstić information content (AvgIpc) is 2.31. The maximum Gasteiger partial charge on any atom is 0.331 e. The van der Waals surface area contributed by atoms with Crippen LogP contribution < -0.4 is 0 Å². The van der Waals surface area contributed by atoms with E-state index < -0.39 is 48.2 Å². The van der Waals surface area contributed by atoms with Gasteiger partial charge in [0.25, 0.3) is 0 Å². The lowest BCUT2D eigenvalue weighted by Gasteiger charge is -2.09. The van der Waals surface area contributed by atoms with Gasteiger partial charge in [0.2, 0.25) is 0 Å². The fourth-order valence-electron chi connectivity index (χ4n) is 1.30. The summed E-state index contributed by atoms with van der Waals surface area (Å²) in [4.78, 5) is 42.9. The van der Waals surface area contributed by atoms with Crippen LogP contribution in [0.1, 0.15) is 19.8 Å². The van der Waals surface area contributed by atoms with E-state index in [1.165, 1.54) is 6.92 Å². The van der Waals surface area contributed by atoms with Crippen molar-refractivity contribution in [2.75, 3.05) is 0 Å². The number of carboxylic acids is 4. The lowest BCUT2D eigenvalue weighted by molar-refractivity contribution is -0.140. The van der Waals surface area contributed by atoms with Crippen LogP contribution in [-0.4, -0.2) is 44.3 Å². The van der Waals surface area contributed by atoms with Gasteiger partial charge < -0.3 is 20.4 Å². The summed E-state index contributed by atoms with van der Waals surface area (Å²) in [7, 11) is 0. The minimum atomic E-state index is -1.45. The Bertz CT molecular complexity index is 486. The molecule has 0 saturated heterocycles. The van der Waals surface area contributed by atoms with Gasteiger partial charge in [-0.05, 0) is 13.3 Å². The fourth-order valence-corrected chi connectivity index (χ4v) is 1.30. The molecule has 0 aromatic heterocycles. The Morgan fingerprint density at radius 2 is 1.55 bits per heavy atom. The molecule has 0 rings (SSSR count). The molecular formula is C12H14O8. The third-order valence-electron chi connectivity index (χ3n) is 2.34. The molecule has 1 unspecified atom stereocenters. The molecule has 0 aliphatic rings. The molecule has 0 aliphatic heterocycles. The fraction of sp³-hybridized carbons (Fsp3) is 0.333. The molecule has 0 bridgehead atoms. The Hall–Kier alpha value is -2.64. The average molecular weight is 286 g/mol. The van der Waals surface area contributed by atoms with Gasteiger partial charge in [0.15, 0.2) is 0 Å². The highest BCUT2D eigenvalue weighted by Gasteiger charge is 2.21. The van der Waals surface area contributed by atoms with Gasteiger partial charge in [-0.3, -0.25) is 9.59 Å². The number of hydrogen-bond donors (Lipinski definition) is 4. The molecule has 20 heavy (non-hydrogen) atoms. The normalized spacial score (nSPS) is 13.7. The largest absolute Gasteiger partial charge is 0.481 e. The summed E-state index contributed by atoms with van der Waals surface area (Å²) in [5.74, 6) is -6.77. The lowest BCUT2D eigenvalue weighted by atomic mass is 9.96. The van der Waals surface area contributed by atoms with E-state index in [0.717, 1.165) is 12.2 Å². The van der Waals surface area contributed by atoms with Gasteiger partial charge in [-0.2, -0.15) is 0 Å². The Kier molecular flexibility index (Phi) is 6.70. The Labute approximate surface area is 113 Å². The molecule has 0 aromatic carbocycles. The molecule has 0 heterocycles. The highest BCUT2D eigenvalue weighted by Crippen LogP contribution is 2.17. The molecule has 0 amide bonds. The van der Waals surface area contributed by atoms with Crippen molar-refractivity contribution < 1.29 is 39.6 Å². The molecule has 8 nitrogen and oxygen atoms in total. The van der Waals surface area contributed by atoms with Crippen LogP contribution in [0.2, 0.25) is 0 Å². The summed E-state index contributed by atoms with van der Waals surface area (Å²) >= 11 is 0. The van der Waals surface area contributed by atoms with Crippen LogP contribution in [0.25, 0.3) is 0 Å². The SMILES string of the molecule is CC(=CC(CC(=CCC(=O)O)C(=O)O)C(=O)O)C(=O)O. The molecule has 110 valence electrons. The zero-order valence-electron chi connectivity index (χ0n) is 10.6. The van der Waals surface area contributed by atoms with Crippen LogP contribution in [0.15, 0.2) is 23.3 Å². The molecule has 0 aromatic rings. The topological polar surface area (TPSA) is 149 Å². The van der Waals surface area contributed by atoms with E-state index >= 15 is 0 Å². The predicted octanol–water partition coefficient (Wildman–Crippen LogP) is 0.594. The number of rotatable bonds is 8. The van der Waals surface area contributed by atoms with E-state index in [1.807, 2.05) is 0 Å². The molecule has 8 heteroatoms. The van der Waals surface area contributed by atoms with Crippen molar-refractivity contribution in [3.63, 3.8) is 0 Å². The van der Waals surface area contributed by atoms with Gasteiger partial charge in [-0.15, -0.1) is 0 Å². The van der Waals surface area contributed by atoms with Gasteiger partial charge in [-0.25, -0.2) is 9.59 Å². The van der Waals surface area contributed by atoms with Crippen LogP contribution >= 0.6 is 0 Å². The van der Waals surface area contributed by atoms with E-state index in [4.69, 9.17) is 20.4 Å². The molecule has 0 aliphatic carbocycles. The molecule has 0 saturated carbocycles. The first-order valence-corrected chi connectivity index (χ1v) is 5.43. The maximum absolute atomic E-state index is 11.0. The summed E-state index contributed by atoms with van der Waals surface area (Å²) in [6, 6.07) is 0. The van der Waals surface area contributed by atoms with E-state index in [0.29, 0.717) is 0 Å². The molecular weight excluding hydrogens is 272 g/mol. The van der Waals surface area contributed by atoms with Crippen molar-refractivity contribution in [1.82, 2.24) is 0 Å². The zero-order chi connectivity index (χ0) is 15.9. The number of aliphatic carboxylic acids is 4. The second-order valence-corrected chi connectivity index (χ2v) is 3.94. The molecule has 0 spiro atoms. The molecule has 1 atom stereocenters.